The van der Waals surface area contributed by atoms with Gasteiger partial charge in [-0.25, -0.2) is 4.68 Å². The number of rotatable bonds is 7. The number of aliphatic carboxylic acids is 1. The highest BCUT2D eigenvalue weighted by molar-refractivity contribution is 7.90. The van der Waals surface area contributed by atoms with Gasteiger partial charge in [0, 0.05) is 25.7 Å². The van der Waals surface area contributed by atoms with Crippen LogP contribution >= 0.6 is 0 Å². The number of aromatic nitrogens is 2. The molecule has 0 saturated heterocycles. The van der Waals surface area contributed by atoms with Gasteiger partial charge < -0.3 is 5.11 Å². The van der Waals surface area contributed by atoms with Crippen molar-refractivity contribution in [1.82, 2.24) is 14.1 Å². The van der Waals surface area contributed by atoms with Crippen molar-refractivity contribution >= 4 is 22.0 Å². The quantitative estimate of drug-likeness (QED) is 0.762. The normalized spacial score (nSPS) is 12.1. The maximum atomic E-state index is 12.0. The minimum absolute atomic E-state index is 0.0111. The molecule has 19 heavy (non-hydrogen) atoms. The van der Waals surface area contributed by atoms with Gasteiger partial charge in [0.15, 0.2) is 0 Å². The molecule has 0 bridgehead atoms. The SMILES string of the molecule is CC(C)n1nccc1NS(=O)(=O)N(C)CCC(=O)O. The maximum Gasteiger partial charge on any atom is 0.304 e. The van der Waals surface area contributed by atoms with E-state index in [4.69, 9.17) is 5.11 Å². The molecule has 1 aromatic heterocycles. The summed E-state index contributed by atoms with van der Waals surface area (Å²) >= 11 is 0. The standard InChI is InChI=1S/C10H18N4O4S/c1-8(2)14-9(4-6-11-14)12-19(17,18)13(3)7-5-10(15)16/h4,6,8,12H,5,7H2,1-3H3,(H,15,16). The van der Waals surface area contributed by atoms with Gasteiger partial charge in [-0.15, -0.1) is 0 Å². The van der Waals surface area contributed by atoms with Crippen molar-refractivity contribution in [3.63, 3.8) is 0 Å². The van der Waals surface area contributed by atoms with Crippen LogP contribution in [0.25, 0.3) is 0 Å². The molecule has 1 heterocycles. The predicted molar refractivity (Wildman–Crippen MR) is 70.0 cm³/mol. The number of carboxylic acids is 1. The Labute approximate surface area is 112 Å². The van der Waals surface area contributed by atoms with Gasteiger partial charge in [-0.3, -0.25) is 9.52 Å². The van der Waals surface area contributed by atoms with E-state index < -0.39 is 16.2 Å². The Morgan fingerprint density at radius 2 is 2.21 bits per heavy atom. The molecule has 0 unspecified atom stereocenters. The predicted octanol–water partition coefficient (Wildman–Crippen LogP) is 0.527. The van der Waals surface area contributed by atoms with E-state index in [1.54, 1.807) is 6.07 Å². The van der Waals surface area contributed by atoms with Crippen LogP contribution in [0.3, 0.4) is 0 Å². The molecule has 0 saturated carbocycles. The van der Waals surface area contributed by atoms with Crippen molar-refractivity contribution in [2.24, 2.45) is 0 Å². The molecule has 1 rings (SSSR count). The van der Waals surface area contributed by atoms with E-state index >= 15 is 0 Å². The van der Waals surface area contributed by atoms with Crippen LogP contribution in [0.4, 0.5) is 5.82 Å². The summed E-state index contributed by atoms with van der Waals surface area (Å²) in [6.07, 6.45) is 1.25. The second-order valence-corrected chi connectivity index (χ2v) is 6.10. The summed E-state index contributed by atoms with van der Waals surface area (Å²) in [4.78, 5) is 10.4. The second-order valence-electron chi connectivity index (χ2n) is 4.33. The van der Waals surface area contributed by atoms with Gasteiger partial charge >= 0.3 is 16.2 Å². The fourth-order valence-electron chi connectivity index (χ4n) is 1.39. The van der Waals surface area contributed by atoms with E-state index in [1.165, 1.54) is 17.9 Å². The highest BCUT2D eigenvalue weighted by Crippen LogP contribution is 2.15. The Hall–Kier alpha value is -1.61. The van der Waals surface area contributed by atoms with Gasteiger partial charge in [0.2, 0.25) is 0 Å². The van der Waals surface area contributed by atoms with Crippen LogP contribution in [0.15, 0.2) is 12.3 Å². The molecule has 0 spiro atoms. The highest BCUT2D eigenvalue weighted by atomic mass is 32.2. The number of carbonyl (C=O) groups is 1. The summed E-state index contributed by atoms with van der Waals surface area (Å²) in [5.41, 5.74) is 0. The summed E-state index contributed by atoms with van der Waals surface area (Å²) in [5, 5.41) is 12.6. The van der Waals surface area contributed by atoms with Crippen molar-refractivity contribution in [3.05, 3.63) is 12.3 Å². The lowest BCUT2D eigenvalue weighted by atomic mass is 10.4. The van der Waals surface area contributed by atoms with Gasteiger partial charge in [0.1, 0.15) is 5.82 Å². The third-order valence-corrected chi connectivity index (χ3v) is 3.91. The molecule has 0 fully saturated rings. The van der Waals surface area contributed by atoms with Gasteiger partial charge in [0.25, 0.3) is 0 Å². The molecule has 0 aliphatic carbocycles. The summed E-state index contributed by atoms with van der Waals surface area (Å²) < 4.78 is 28.8. The third kappa shape index (κ3) is 4.21. The van der Waals surface area contributed by atoms with Crippen LogP contribution in [0.1, 0.15) is 26.3 Å². The number of nitrogens with zero attached hydrogens (tertiary/aromatic N) is 3. The molecule has 0 atom stereocenters. The highest BCUT2D eigenvalue weighted by Gasteiger charge is 2.20. The molecule has 0 amide bonds. The zero-order chi connectivity index (χ0) is 14.6. The van der Waals surface area contributed by atoms with Gasteiger partial charge in [-0.05, 0) is 13.8 Å². The van der Waals surface area contributed by atoms with Gasteiger partial charge in [-0.2, -0.15) is 17.8 Å². The molecular weight excluding hydrogens is 272 g/mol. The van der Waals surface area contributed by atoms with Gasteiger partial charge in [-0.1, -0.05) is 0 Å². The monoisotopic (exact) mass is 290 g/mol. The van der Waals surface area contributed by atoms with E-state index in [0.717, 1.165) is 4.31 Å². The average molecular weight is 290 g/mol. The number of nitrogens with one attached hydrogen (secondary N) is 1. The Balaban J connectivity index is 2.79. The largest absolute Gasteiger partial charge is 0.481 e. The fourth-order valence-corrected chi connectivity index (χ4v) is 2.30. The van der Waals surface area contributed by atoms with Crippen molar-refractivity contribution in [3.8, 4) is 0 Å². The Kier molecular flexibility index (Phi) is 4.90. The van der Waals surface area contributed by atoms with E-state index in [0.29, 0.717) is 5.82 Å². The van der Waals surface area contributed by atoms with Crippen LogP contribution in [0.2, 0.25) is 0 Å². The topological polar surface area (TPSA) is 105 Å². The molecule has 1 aromatic rings. The molecule has 0 aliphatic rings. The molecule has 108 valence electrons. The first-order valence-electron chi connectivity index (χ1n) is 5.73. The Bertz CT molecular complexity index is 537. The molecule has 2 N–H and O–H groups in total. The first-order valence-corrected chi connectivity index (χ1v) is 7.17. The minimum atomic E-state index is -3.78. The van der Waals surface area contributed by atoms with E-state index in [9.17, 15) is 13.2 Å². The molecular formula is C10H18N4O4S. The minimum Gasteiger partial charge on any atom is -0.481 e. The molecule has 8 nitrogen and oxygen atoms in total. The van der Waals surface area contributed by atoms with E-state index in [-0.39, 0.29) is 19.0 Å². The fraction of sp³-hybridized carbons (Fsp3) is 0.600. The summed E-state index contributed by atoms with van der Waals surface area (Å²) in [6, 6.07) is 1.56. The molecule has 9 heteroatoms. The van der Waals surface area contributed by atoms with Crippen LogP contribution in [0, 0.1) is 0 Å². The number of anilines is 1. The number of hydrogen-bond acceptors (Lipinski definition) is 4. The van der Waals surface area contributed by atoms with E-state index in [1.807, 2.05) is 13.8 Å². The van der Waals surface area contributed by atoms with Gasteiger partial charge in [0.05, 0.1) is 12.6 Å². The van der Waals surface area contributed by atoms with Crippen LogP contribution in [-0.2, 0) is 15.0 Å². The number of hydrogen-bond donors (Lipinski definition) is 2. The van der Waals surface area contributed by atoms with Crippen molar-refractivity contribution in [2.45, 2.75) is 26.3 Å². The third-order valence-electron chi connectivity index (χ3n) is 2.44. The van der Waals surface area contributed by atoms with Crippen molar-refractivity contribution in [1.29, 1.82) is 0 Å². The second kappa shape index (κ2) is 6.02. The lowest BCUT2D eigenvalue weighted by molar-refractivity contribution is -0.137. The molecule has 0 aliphatic heterocycles. The van der Waals surface area contributed by atoms with Crippen LogP contribution < -0.4 is 4.72 Å². The van der Waals surface area contributed by atoms with Crippen molar-refractivity contribution < 1.29 is 18.3 Å². The lowest BCUT2D eigenvalue weighted by Gasteiger charge is -2.18. The van der Waals surface area contributed by atoms with Crippen LogP contribution in [0.5, 0.6) is 0 Å². The smallest absolute Gasteiger partial charge is 0.304 e. The van der Waals surface area contributed by atoms with E-state index in [2.05, 4.69) is 9.82 Å². The zero-order valence-corrected chi connectivity index (χ0v) is 11.9. The Morgan fingerprint density at radius 3 is 2.74 bits per heavy atom. The lowest BCUT2D eigenvalue weighted by Crippen LogP contribution is -2.34. The maximum absolute atomic E-state index is 12.0. The first-order chi connectivity index (χ1) is 8.74. The molecule has 0 aromatic carbocycles. The zero-order valence-electron chi connectivity index (χ0n) is 11.1. The molecule has 0 radical (unpaired) electrons. The number of carboxylic acid groups (broad SMARTS) is 1. The summed E-state index contributed by atoms with van der Waals surface area (Å²) in [7, 11) is -2.45. The summed E-state index contributed by atoms with van der Waals surface area (Å²) in [6.45, 7) is 3.65. The Morgan fingerprint density at radius 1 is 1.58 bits per heavy atom. The summed E-state index contributed by atoms with van der Waals surface area (Å²) in [5.74, 6) is -0.702. The van der Waals surface area contributed by atoms with Crippen molar-refractivity contribution in [2.75, 3.05) is 18.3 Å². The first kappa shape index (κ1) is 15.4. The average Bonchev–Trinajstić information content (AvgIpc) is 2.72. The van der Waals surface area contributed by atoms with Crippen LogP contribution in [-0.4, -0.2) is 47.2 Å².